The molecule has 1 unspecified atom stereocenters. The van der Waals surface area contributed by atoms with E-state index in [-0.39, 0.29) is 11.2 Å². The summed E-state index contributed by atoms with van der Waals surface area (Å²) < 4.78 is 14.2. The maximum atomic E-state index is 13.5. The van der Waals surface area contributed by atoms with Gasteiger partial charge in [0.05, 0.1) is 6.10 Å². The minimum absolute atomic E-state index is 0.147. The van der Waals surface area contributed by atoms with Crippen molar-refractivity contribution in [1.29, 1.82) is 0 Å². The van der Waals surface area contributed by atoms with Gasteiger partial charge in [0.2, 0.25) is 0 Å². The normalized spacial score (nSPS) is 13.9. The van der Waals surface area contributed by atoms with E-state index in [1.54, 1.807) is 6.07 Å². The molecule has 0 spiro atoms. The Bertz CT molecular complexity index is 357. The van der Waals surface area contributed by atoms with E-state index in [9.17, 15) is 9.50 Å². The lowest BCUT2D eigenvalue weighted by atomic mass is 9.86. The Balaban J connectivity index is 2.62. The minimum Gasteiger partial charge on any atom is -0.393 e. The molecule has 1 nitrogen and oxygen atoms in total. The third-order valence-electron chi connectivity index (χ3n) is 2.70. The predicted octanol–water partition coefficient (Wildman–Crippen LogP) is 3.93. The van der Waals surface area contributed by atoms with Crippen LogP contribution in [0.15, 0.2) is 22.7 Å². The van der Waals surface area contributed by atoms with E-state index in [2.05, 4.69) is 15.9 Å². The molecule has 0 amide bonds. The Morgan fingerprint density at radius 1 is 1.38 bits per heavy atom. The van der Waals surface area contributed by atoms with E-state index in [4.69, 9.17) is 0 Å². The molecule has 1 atom stereocenters. The lowest BCUT2D eigenvalue weighted by Crippen LogP contribution is -2.26. The van der Waals surface area contributed by atoms with E-state index in [1.807, 2.05) is 26.8 Å². The molecule has 0 aliphatic rings. The van der Waals surface area contributed by atoms with Crippen molar-refractivity contribution in [3.05, 3.63) is 34.1 Å². The second-order valence-corrected chi connectivity index (χ2v) is 6.07. The first kappa shape index (κ1) is 13.7. The monoisotopic (exact) mass is 288 g/mol. The predicted molar refractivity (Wildman–Crippen MR) is 67.9 cm³/mol. The molecule has 0 saturated carbocycles. The quantitative estimate of drug-likeness (QED) is 0.894. The summed E-state index contributed by atoms with van der Waals surface area (Å²) in [5.41, 5.74) is 0.512. The maximum Gasteiger partial charge on any atom is 0.127 e. The highest BCUT2D eigenvalue weighted by molar-refractivity contribution is 9.10. The highest BCUT2D eigenvalue weighted by Crippen LogP contribution is 2.24. The van der Waals surface area contributed by atoms with Crippen LogP contribution in [0.4, 0.5) is 4.39 Å². The molecular formula is C13H18BrFO. The van der Waals surface area contributed by atoms with Crippen molar-refractivity contribution in [3.63, 3.8) is 0 Å². The summed E-state index contributed by atoms with van der Waals surface area (Å²) in [7, 11) is 0. The summed E-state index contributed by atoms with van der Waals surface area (Å²) >= 11 is 3.22. The molecule has 0 aromatic heterocycles. The molecule has 3 heteroatoms. The standard InChI is InChI=1S/C13H18BrFO/c1-13(2,3)12(16)7-5-9-4-6-10(14)8-11(9)15/h4,6,8,12,16H,5,7H2,1-3H3. The summed E-state index contributed by atoms with van der Waals surface area (Å²) in [6.45, 7) is 5.95. The van der Waals surface area contributed by atoms with Gasteiger partial charge in [0.15, 0.2) is 0 Å². The van der Waals surface area contributed by atoms with Crippen LogP contribution < -0.4 is 0 Å². The fourth-order valence-corrected chi connectivity index (χ4v) is 1.78. The lowest BCUT2D eigenvalue weighted by Gasteiger charge is -2.25. The van der Waals surface area contributed by atoms with Crippen LogP contribution in [0.1, 0.15) is 32.8 Å². The molecule has 0 bridgehead atoms. The van der Waals surface area contributed by atoms with Gasteiger partial charge in [-0.2, -0.15) is 0 Å². The zero-order valence-corrected chi connectivity index (χ0v) is 11.5. The smallest absolute Gasteiger partial charge is 0.127 e. The number of aliphatic hydroxyl groups is 1. The topological polar surface area (TPSA) is 20.2 Å². The lowest BCUT2D eigenvalue weighted by molar-refractivity contribution is 0.0558. The highest BCUT2D eigenvalue weighted by Gasteiger charge is 2.21. The first-order valence-corrected chi connectivity index (χ1v) is 6.22. The number of rotatable bonds is 3. The van der Waals surface area contributed by atoms with Crippen LogP contribution in [0.3, 0.4) is 0 Å². The number of benzene rings is 1. The summed E-state index contributed by atoms with van der Waals surface area (Å²) in [5.74, 6) is -0.213. The first-order valence-electron chi connectivity index (χ1n) is 5.42. The van der Waals surface area contributed by atoms with Gasteiger partial charge in [0.1, 0.15) is 5.82 Å². The highest BCUT2D eigenvalue weighted by atomic mass is 79.9. The van der Waals surface area contributed by atoms with E-state index < -0.39 is 6.10 Å². The van der Waals surface area contributed by atoms with Gasteiger partial charge in [0.25, 0.3) is 0 Å². The van der Waals surface area contributed by atoms with Crippen LogP contribution in [0.5, 0.6) is 0 Å². The molecule has 90 valence electrons. The van der Waals surface area contributed by atoms with E-state index in [0.29, 0.717) is 18.4 Å². The zero-order valence-electron chi connectivity index (χ0n) is 9.93. The van der Waals surface area contributed by atoms with Crippen molar-refractivity contribution in [3.8, 4) is 0 Å². The van der Waals surface area contributed by atoms with Crippen molar-refractivity contribution in [1.82, 2.24) is 0 Å². The Morgan fingerprint density at radius 2 is 2.00 bits per heavy atom. The Labute approximate surface area is 105 Å². The third kappa shape index (κ3) is 3.87. The Hall–Kier alpha value is -0.410. The maximum absolute atomic E-state index is 13.5. The summed E-state index contributed by atoms with van der Waals surface area (Å²) in [6.07, 6.45) is 0.745. The average Bonchev–Trinajstić information content (AvgIpc) is 2.14. The molecule has 1 aromatic rings. The van der Waals surface area contributed by atoms with Gasteiger partial charge >= 0.3 is 0 Å². The SMILES string of the molecule is CC(C)(C)C(O)CCc1ccc(Br)cc1F. The molecule has 1 rings (SSSR count). The molecule has 0 radical (unpaired) electrons. The molecule has 1 N–H and O–H groups in total. The molecule has 0 aliphatic heterocycles. The van der Waals surface area contributed by atoms with Gasteiger partial charge in [0, 0.05) is 4.47 Å². The number of aliphatic hydroxyl groups excluding tert-OH is 1. The Kier molecular flexibility index (Phi) is 4.51. The molecule has 0 fully saturated rings. The van der Waals surface area contributed by atoms with Crippen molar-refractivity contribution < 1.29 is 9.50 Å². The van der Waals surface area contributed by atoms with Crippen molar-refractivity contribution in [2.24, 2.45) is 5.41 Å². The van der Waals surface area contributed by atoms with Crippen LogP contribution in [0, 0.1) is 11.2 Å². The van der Waals surface area contributed by atoms with Crippen molar-refractivity contribution in [2.45, 2.75) is 39.7 Å². The van der Waals surface area contributed by atoms with Crippen LogP contribution >= 0.6 is 15.9 Å². The van der Waals surface area contributed by atoms with Crippen LogP contribution in [0.2, 0.25) is 0 Å². The zero-order chi connectivity index (χ0) is 12.3. The van der Waals surface area contributed by atoms with Gasteiger partial charge in [-0.25, -0.2) is 4.39 Å². The van der Waals surface area contributed by atoms with Crippen LogP contribution in [-0.2, 0) is 6.42 Å². The number of hydrogen-bond acceptors (Lipinski definition) is 1. The van der Waals surface area contributed by atoms with Crippen LogP contribution in [0.25, 0.3) is 0 Å². The second kappa shape index (κ2) is 5.28. The molecule has 0 saturated heterocycles. The minimum atomic E-state index is -0.407. The van der Waals surface area contributed by atoms with Gasteiger partial charge in [-0.3, -0.25) is 0 Å². The number of aryl methyl sites for hydroxylation is 1. The van der Waals surface area contributed by atoms with Crippen molar-refractivity contribution in [2.75, 3.05) is 0 Å². The third-order valence-corrected chi connectivity index (χ3v) is 3.20. The number of halogens is 2. The number of hydrogen-bond donors (Lipinski definition) is 1. The molecular weight excluding hydrogens is 271 g/mol. The fraction of sp³-hybridized carbons (Fsp3) is 0.538. The van der Waals surface area contributed by atoms with Gasteiger partial charge in [-0.05, 0) is 36.0 Å². The van der Waals surface area contributed by atoms with Crippen LogP contribution in [-0.4, -0.2) is 11.2 Å². The molecule has 0 aliphatic carbocycles. The fourth-order valence-electron chi connectivity index (χ4n) is 1.45. The van der Waals surface area contributed by atoms with E-state index in [1.165, 1.54) is 6.07 Å². The van der Waals surface area contributed by atoms with E-state index in [0.717, 1.165) is 4.47 Å². The van der Waals surface area contributed by atoms with E-state index >= 15 is 0 Å². The Morgan fingerprint density at radius 3 is 2.50 bits per heavy atom. The largest absolute Gasteiger partial charge is 0.393 e. The molecule has 1 aromatic carbocycles. The second-order valence-electron chi connectivity index (χ2n) is 5.16. The van der Waals surface area contributed by atoms with Gasteiger partial charge in [-0.1, -0.05) is 42.8 Å². The average molecular weight is 289 g/mol. The van der Waals surface area contributed by atoms with Gasteiger partial charge < -0.3 is 5.11 Å². The summed E-state index contributed by atoms with van der Waals surface area (Å²) in [4.78, 5) is 0. The van der Waals surface area contributed by atoms with Gasteiger partial charge in [-0.15, -0.1) is 0 Å². The molecule has 16 heavy (non-hydrogen) atoms. The first-order chi connectivity index (χ1) is 7.30. The molecule has 0 heterocycles. The van der Waals surface area contributed by atoms with Crippen molar-refractivity contribution >= 4 is 15.9 Å². The summed E-state index contributed by atoms with van der Waals surface area (Å²) in [6, 6.07) is 5.04. The summed E-state index contributed by atoms with van der Waals surface area (Å²) in [5, 5.41) is 9.86.